The molecule has 0 saturated heterocycles. The summed E-state index contributed by atoms with van der Waals surface area (Å²) in [7, 11) is 0. The molecule has 2 aromatic rings. The quantitative estimate of drug-likeness (QED) is 0.937. The van der Waals surface area contributed by atoms with E-state index in [1.54, 1.807) is 12.4 Å². The molecular formula is C12H11BrN2O. The van der Waals surface area contributed by atoms with Crippen LogP contribution in [0, 0.1) is 0 Å². The lowest BCUT2D eigenvalue weighted by atomic mass is 10.1. The molecule has 16 heavy (non-hydrogen) atoms. The topological polar surface area (TPSA) is 46.0 Å². The molecule has 0 atom stereocenters. The van der Waals surface area contributed by atoms with E-state index in [2.05, 4.69) is 25.9 Å². The van der Waals surface area contributed by atoms with Crippen molar-refractivity contribution in [2.24, 2.45) is 0 Å². The number of rotatable bonds is 3. The zero-order chi connectivity index (χ0) is 11.4. The average Bonchev–Trinajstić information content (AvgIpc) is 2.33. The van der Waals surface area contributed by atoms with Gasteiger partial charge in [0.25, 0.3) is 0 Å². The molecule has 0 unspecified atom stereocenters. The van der Waals surface area contributed by atoms with Gasteiger partial charge in [-0.2, -0.15) is 0 Å². The van der Waals surface area contributed by atoms with Crippen molar-refractivity contribution in [3.63, 3.8) is 0 Å². The van der Waals surface area contributed by atoms with E-state index in [-0.39, 0.29) is 6.61 Å². The number of aliphatic hydroxyl groups excluding tert-OH is 1. The molecule has 0 saturated carbocycles. The lowest BCUT2D eigenvalue weighted by Gasteiger charge is -2.01. The van der Waals surface area contributed by atoms with Crippen LogP contribution in [0.2, 0.25) is 0 Å². The maximum atomic E-state index is 8.92. The maximum Gasteiger partial charge on any atom is 0.132 e. The minimum absolute atomic E-state index is 0.0784. The van der Waals surface area contributed by atoms with Gasteiger partial charge in [0, 0.05) is 18.8 Å². The Balaban J connectivity index is 2.11. The molecule has 0 spiro atoms. The van der Waals surface area contributed by atoms with Gasteiger partial charge in [0.05, 0.1) is 11.1 Å². The van der Waals surface area contributed by atoms with Gasteiger partial charge in [0.2, 0.25) is 0 Å². The Kier molecular flexibility index (Phi) is 3.64. The van der Waals surface area contributed by atoms with Crippen LogP contribution in [-0.4, -0.2) is 15.1 Å². The van der Waals surface area contributed by atoms with Crippen molar-refractivity contribution in [3.05, 3.63) is 58.1 Å². The molecule has 0 radical (unpaired) electrons. The van der Waals surface area contributed by atoms with Crippen molar-refractivity contribution in [3.8, 4) is 0 Å². The fourth-order valence-corrected chi connectivity index (χ4v) is 1.58. The van der Waals surface area contributed by atoms with Gasteiger partial charge >= 0.3 is 0 Å². The van der Waals surface area contributed by atoms with Gasteiger partial charge in [-0.25, -0.2) is 9.97 Å². The van der Waals surface area contributed by atoms with Crippen molar-refractivity contribution in [2.45, 2.75) is 13.0 Å². The van der Waals surface area contributed by atoms with Crippen LogP contribution in [0.15, 0.2) is 41.1 Å². The smallest absolute Gasteiger partial charge is 0.132 e. The highest BCUT2D eigenvalue weighted by Gasteiger charge is 1.99. The first-order chi connectivity index (χ1) is 7.78. The Hall–Kier alpha value is -1.26. The van der Waals surface area contributed by atoms with Crippen molar-refractivity contribution in [1.82, 2.24) is 9.97 Å². The third-order valence-corrected chi connectivity index (χ3v) is 2.65. The summed E-state index contributed by atoms with van der Waals surface area (Å²) in [6.45, 7) is 0.0784. The monoisotopic (exact) mass is 278 g/mol. The largest absolute Gasteiger partial charge is 0.392 e. The fraction of sp³-hybridized carbons (Fsp3) is 0.167. The molecule has 82 valence electrons. The SMILES string of the molecule is OCc1ccc(Cc2ncc(Br)cn2)cc1. The van der Waals surface area contributed by atoms with E-state index >= 15 is 0 Å². The van der Waals surface area contributed by atoms with Gasteiger partial charge in [-0.1, -0.05) is 24.3 Å². The molecule has 1 aromatic carbocycles. The number of hydrogen-bond acceptors (Lipinski definition) is 3. The summed E-state index contributed by atoms with van der Waals surface area (Å²) in [5, 5.41) is 8.92. The summed E-state index contributed by atoms with van der Waals surface area (Å²) in [4.78, 5) is 8.42. The van der Waals surface area contributed by atoms with Crippen LogP contribution in [0.3, 0.4) is 0 Å². The maximum absolute atomic E-state index is 8.92. The molecule has 0 amide bonds. The Morgan fingerprint density at radius 3 is 2.12 bits per heavy atom. The van der Waals surface area contributed by atoms with Crippen molar-refractivity contribution in [2.75, 3.05) is 0 Å². The highest BCUT2D eigenvalue weighted by molar-refractivity contribution is 9.10. The van der Waals surface area contributed by atoms with Crippen LogP contribution in [-0.2, 0) is 13.0 Å². The predicted octanol–water partition coefficient (Wildman–Crippen LogP) is 2.32. The molecule has 3 nitrogen and oxygen atoms in total. The zero-order valence-electron chi connectivity index (χ0n) is 8.60. The van der Waals surface area contributed by atoms with E-state index in [1.807, 2.05) is 24.3 Å². The number of halogens is 1. The van der Waals surface area contributed by atoms with Crippen molar-refractivity contribution >= 4 is 15.9 Å². The summed E-state index contributed by atoms with van der Waals surface area (Å²) in [5.41, 5.74) is 2.06. The molecule has 1 N–H and O–H groups in total. The number of nitrogens with zero attached hydrogens (tertiary/aromatic N) is 2. The molecule has 0 aliphatic carbocycles. The van der Waals surface area contributed by atoms with Gasteiger partial charge in [-0.3, -0.25) is 0 Å². The molecule has 2 rings (SSSR count). The second kappa shape index (κ2) is 5.18. The van der Waals surface area contributed by atoms with Crippen LogP contribution in [0.4, 0.5) is 0 Å². The molecular weight excluding hydrogens is 268 g/mol. The van der Waals surface area contributed by atoms with Gasteiger partial charge in [0.1, 0.15) is 5.82 Å². The first kappa shape index (κ1) is 11.2. The zero-order valence-corrected chi connectivity index (χ0v) is 10.2. The highest BCUT2D eigenvalue weighted by atomic mass is 79.9. The van der Waals surface area contributed by atoms with Gasteiger partial charge in [-0.15, -0.1) is 0 Å². The summed E-state index contributed by atoms with van der Waals surface area (Å²) in [6, 6.07) is 7.79. The minimum Gasteiger partial charge on any atom is -0.392 e. The normalized spacial score (nSPS) is 10.4. The molecule has 0 bridgehead atoms. The van der Waals surface area contributed by atoms with Crippen molar-refractivity contribution < 1.29 is 5.11 Å². The first-order valence-electron chi connectivity index (χ1n) is 4.93. The molecule has 0 aliphatic rings. The Morgan fingerprint density at radius 2 is 1.56 bits per heavy atom. The van der Waals surface area contributed by atoms with E-state index < -0.39 is 0 Å². The second-order valence-corrected chi connectivity index (χ2v) is 4.38. The van der Waals surface area contributed by atoms with Gasteiger partial charge in [-0.05, 0) is 27.1 Å². The summed E-state index contributed by atoms with van der Waals surface area (Å²) >= 11 is 3.30. The minimum atomic E-state index is 0.0784. The van der Waals surface area contributed by atoms with Crippen LogP contribution >= 0.6 is 15.9 Å². The molecule has 1 aromatic heterocycles. The van der Waals surface area contributed by atoms with Gasteiger partial charge in [0.15, 0.2) is 0 Å². The number of aliphatic hydroxyl groups is 1. The van der Waals surface area contributed by atoms with Crippen LogP contribution in [0.25, 0.3) is 0 Å². The third kappa shape index (κ3) is 2.87. The van der Waals surface area contributed by atoms with E-state index in [1.165, 1.54) is 0 Å². The molecule has 0 aliphatic heterocycles. The molecule has 0 fully saturated rings. The Labute approximate surface area is 102 Å². The standard InChI is InChI=1S/C12H11BrN2O/c13-11-6-14-12(15-7-11)5-9-1-3-10(8-16)4-2-9/h1-4,6-7,16H,5,8H2. The number of aromatic nitrogens is 2. The molecule has 4 heteroatoms. The van der Waals surface area contributed by atoms with Gasteiger partial charge < -0.3 is 5.11 Å². The van der Waals surface area contributed by atoms with Crippen LogP contribution in [0.5, 0.6) is 0 Å². The van der Waals surface area contributed by atoms with Crippen molar-refractivity contribution in [1.29, 1.82) is 0 Å². The average molecular weight is 279 g/mol. The lowest BCUT2D eigenvalue weighted by Crippen LogP contribution is -1.95. The summed E-state index contributed by atoms with van der Waals surface area (Å²) in [6.07, 6.45) is 4.19. The Morgan fingerprint density at radius 1 is 1.00 bits per heavy atom. The summed E-state index contributed by atoms with van der Waals surface area (Å²) in [5.74, 6) is 0.792. The van der Waals surface area contributed by atoms with E-state index in [4.69, 9.17) is 5.11 Å². The number of benzene rings is 1. The van der Waals surface area contributed by atoms with Crippen LogP contribution in [0.1, 0.15) is 17.0 Å². The van der Waals surface area contributed by atoms with E-state index in [0.717, 1.165) is 21.4 Å². The summed E-state index contributed by atoms with van der Waals surface area (Å²) < 4.78 is 0.881. The second-order valence-electron chi connectivity index (χ2n) is 3.47. The first-order valence-corrected chi connectivity index (χ1v) is 5.72. The van der Waals surface area contributed by atoms with E-state index in [0.29, 0.717) is 6.42 Å². The predicted molar refractivity (Wildman–Crippen MR) is 64.9 cm³/mol. The lowest BCUT2D eigenvalue weighted by molar-refractivity contribution is 0.282. The highest BCUT2D eigenvalue weighted by Crippen LogP contribution is 2.10. The Bertz CT molecular complexity index is 453. The third-order valence-electron chi connectivity index (χ3n) is 2.24. The van der Waals surface area contributed by atoms with Crippen LogP contribution < -0.4 is 0 Å². The molecule has 1 heterocycles. The number of hydrogen-bond donors (Lipinski definition) is 1. The van der Waals surface area contributed by atoms with E-state index in [9.17, 15) is 0 Å². The fourth-order valence-electron chi connectivity index (χ4n) is 1.38.